The number of thiazole rings is 1. The number of hydrogen-bond acceptors (Lipinski definition) is 4. The maximum absolute atomic E-state index is 4.94. The summed E-state index contributed by atoms with van der Waals surface area (Å²) in [6, 6.07) is 0. The predicted molar refractivity (Wildman–Crippen MR) is 43.8 cm³/mol. The van der Waals surface area contributed by atoms with E-state index in [0.29, 0.717) is 0 Å². The van der Waals surface area contributed by atoms with Crippen molar-refractivity contribution in [2.75, 3.05) is 26.4 Å². The molecule has 0 atom stereocenters. The van der Waals surface area contributed by atoms with Crippen molar-refractivity contribution in [2.24, 2.45) is 0 Å². The molecule has 0 saturated carbocycles. The molecule has 4 heteroatoms. The summed E-state index contributed by atoms with van der Waals surface area (Å²) in [5, 5.41) is 1.93. The second-order valence-corrected chi connectivity index (χ2v) is 2.66. The first-order valence-electron chi connectivity index (χ1n) is 3.48. The molecule has 2 rings (SSSR count). The van der Waals surface area contributed by atoms with E-state index in [2.05, 4.69) is 4.98 Å². The molecular weight excluding hydrogens is 162 g/mol. The zero-order valence-electron chi connectivity index (χ0n) is 6.23. The van der Waals surface area contributed by atoms with E-state index in [1.54, 1.807) is 23.0 Å². The van der Waals surface area contributed by atoms with Gasteiger partial charge in [-0.05, 0) is 0 Å². The highest BCUT2D eigenvalue weighted by atomic mass is 32.1. The SMILES string of the molecule is C1COCCO1.c1cscn1. The largest absolute Gasteiger partial charge is 0.377 e. The van der Waals surface area contributed by atoms with Gasteiger partial charge < -0.3 is 9.47 Å². The van der Waals surface area contributed by atoms with Crippen LogP contribution in [0.15, 0.2) is 17.1 Å². The van der Waals surface area contributed by atoms with Gasteiger partial charge in [0.25, 0.3) is 0 Å². The van der Waals surface area contributed by atoms with Crippen LogP contribution in [-0.4, -0.2) is 31.4 Å². The quantitative estimate of drug-likeness (QED) is 0.590. The summed E-state index contributed by atoms with van der Waals surface area (Å²) < 4.78 is 9.89. The molecule has 0 amide bonds. The topological polar surface area (TPSA) is 31.4 Å². The lowest BCUT2D eigenvalue weighted by atomic mass is 10.6. The maximum atomic E-state index is 4.94. The van der Waals surface area contributed by atoms with Crippen LogP contribution in [0.1, 0.15) is 0 Å². The van der Waals surface area contributed by atoms with Gasteiger partial charge in [-0.25, -0.2) is 0 Å². The van der Waals surface area contributed by atoms with Crippen LogP contribution < -0.4 is 0 Å². The summed E-state index contributed by atoms with van der Waals surface area (Å²) in [7, 11) is 0. The first kappa shape index (κ1) is 8.64. The van der Waals surface area contributed by atoms with Crippen LogP contribution >= 0.6 is 11.3 Å². The van der Waals surface area contributed by atoms with E-state index >= 15 is 0 Å². The molecule has 0 N–H and O–H groups in total. The normalized spacial score (nSPS) is 16.7. The van der Waals surface area contributed by atoms with Gasteiger partial charge in [-0.15, -0.1) is 11.3 Å². The van der Waals surface area contributed by atoms with E-state index in [9.17, 15) is 0 Å². The molecule has 1 aliphatic heterocycles. The fraction of sp³-hybridized carbons (Fsp3) is 0.571. The Hall–Kier alpha value is -0.450. The van der Waals surface area contributed by atoms with Gasteiger partial charge in [0.05, 0.1) is 31.9 Å². The summed E-state index contributed by atoms with van der Waals surface area (Å²) in [5.41, 5.74) is 1.79. The van der Waals surface area contributed by atoms with Gasteiger partial charge >= 0.3 is 0 Å². The molecule has 1 aliphatic rings. The maximum Gasteiger partial charge on any atom is 0.0791 e. The molecule has 0 bridgehead atoms. The Balaban J connectivity index is 0.000000112. The van der Waals surface area contributed by atoms with Crippen molar-refractivity contribution in [3.05, 3.63) is 17.1 Å². The molecular formula is C7H11NO2S. The highest BCUT2D eigenvalue weighted by molar-refractivity contribution is 7.07. The molecule has 0 aliphatic carbocycles. The number of nitrogens with zero attached hydrogens (tertiary/aromatic N) is 1. The van der Waals surface area contributed by atoms with Crippen molar-refractivity contribution < 1.29 is 9.47 Å². The highest BCUT2D eigenvalue weighted by Crippen LogP contribution is 1.86. The van der Waals surface area contributed by atoms with Gasteiger partial charge in [-0.1, -0.05) is 0 Å². The van der Waals surface area contributed by atoms with Crippen molar-refractivity contribution in [2.45, 2.75) is 0 Å². The van der Waals surface area contributed by atoms with Crippen molar-refractivity contribution in [3.63, 3.8) is 0 Å². The van der Waals surface area contributed by atoms with E-state index in [4.69, 9.17) is 9.47 Å². The Bertz CT molecular complexity index is 123. The predicted octanol–water partition coefficient (Wildman–Crippen LogP) is 1.18. The molecule has 1 fully saturated rings. The number of ether oxygens (including phenoxy) is 2. The third-order valence-corrected chi connectivity index (χ3v) is 1.61. The molecule has 3 nitrogen and oxygen atoms in total. The highest BCUT2D eigenvalue weighted by Gasteiger charge is 1.94. The zero-order chi connectivity index (χ0) is 7.78. The van der Waals surface area contributed by atoms with Crippen LogP contribution in [0.25, 0.3) is 0 Å². The van der Waals surface area contributed by atoms with Crippen LogP contribution in [0.2, 0.25) is 0 Å². The van der Waals surface area contributed by atoms with Crippen LogP contribution in [0.3, 0.4) is 0 Å². The summed E-state index contributed by atoms with van der Waals surface area (Å²) in [6.45, 7) is 3.11. The first-order chi connectivity index (χ1) is 5.50. The van der Waals surface area contributed by atoms with E-state index < -0.39 is 0 Å². The average Bonchev–Trinajstić information content (AvgIpc) is 2.64. The molecule has 2 heterocycles. The van der Waals surface area contributed by atoms with Gasteiger partial charge in [0.1, 0.15) is 0 Å². The zero-order valence-corrected chi connectivity index (χ0v) is 7.05. The van der Waals surface area contributed by atoms with Crippen molar-refractivity contribution >= 4 is 11.3 Å². The van der Waals surface area contributed by atoms with Crippen LogP contribution in [0.5, 0.6) is 0 Å². The lowest BCUT2D eigenvalue weighted by molar-refractivity contribution is -0.0334. The molecule has 0 aromatic carbocycles. The molecule has 0 spiro atoms. The fourth-order valence-electron chi connectivity index (χ4n) is 0.616. The molecule has 1 aromatic rings. The monoisotopic (exact) mass is 173 g/mol. The molecule has 0 unspecified atom stereocenters. The standard InChI is InChI=1S/C4H8O2.C3H3NS/c1-2-6-4-3-5-1;1-2-5-3-4-1/h1-4H2;1-3H. The Labute approximate surface area is 70.0 Å². The second-order valence-electron chi connectivity index (χ2n) is 1.90. The van der Waals surface area contributed by atoms with Gasteiger partial charge in [-0.3, -0.25) is 4.98 Å². The van der Waals surface area contributed by atoms with Crippen LogP contribution in [0, 0.1) is 0 Å². The number of aromatic nitrogens is 1. The molecule has 1 saturated heterocycles. The third kappa shape index (κ3) is 4.89. The summed E-state index contributed by atoms with van der Waals surface area (Å²) >= 11 is 1.60. The Morgan fingerprint density at radius 3 is 1.91 bits per heavy atom. The lowest BCUT2D eigenvalue weighted by Crippen LogP contribution is -2.16. The smallest absolute Gasteiger partial charge is 0.0791 e. The van der Waals surface area contributed by atoms with Crippen LogP contribution in [-0.2, 0) is 9.47 Å². The Morgan fingerprint density at radius 1 is 1.09 bits per heavy atom. The molecule has 0 radical (unpaired) electrons. The van der Waals surface area contributed by atoms with Crippen LogP contribution in [0.4, 0.5) is 0 Å². The van der Waals surface area contributed by atoms with Gasteiger partial charge in [0.15, 0.2) is 0 Å². The van der Waals surface area contributed by atoms with E-state index in [0.717, 1.165) is 26.4 Å². The van der Waals surface area contributed by atoms with Gasteiger partial charge in [0.2, 0.25) is 0 Å². The first-order valence-corrected chi connectivity index (χ1v) is 4.42. The summed E-state index contributed by atoms with van der Waals surface area (Å²) in [5.74, 6) is 0. The molecule has 11 heavy (non-hydrogen) atoms. The molecule has 1 aromatic heterocycles. The number of rotatable bonds is 0. The van der Waals surface area contributed by atoms with E-state index in [1.807, 2.05) is 5.38 Å². The van der Waals surface area contributed by atoms with Gasteiger partial charge in [-0.2, -0.15) is 0 Å². The Morgan fingerprint density at radius 2 is 1.73 bits per heavy atom. The second kappa shape index (κ2) is 6.27. The lowest BCUT2D eigenvalue weighted by Gasteiger charge is -2.09. The average molecular weight is 173 g/mol. The van der Waals surface area contributed by atoms with Crippen molar-refractivity contribution in [1.82, 2.24) is 4.98 Å². The minimum atomic E-state index is 0.778. The molecule has 62 valence electrons. The fourth-order valence-corrected chi connectivity index (χ4v) is 0.967. The summed E-state index contributed by atoms with van der Waals surface area (Å²) in [4.78, 5) is 3.74. The number of hydrogen-bond donors (Lipinski definition) is 0. The van der Waals surface area contributed by atoms with Gasteiger partial charge in [0, 0.05) is 11.6 Å². The third-order valence-electron chi connectivity index (χ3n) is 1.09. The Kier molecular flexibility index (Phi) is 4.93. The van der Waals surface area contributed by atoms with Crippen molar-refractivity contribution in [1.29, 1.82) is 0 Å². The minimum absolute atomic E-state index is 0.778. The minimum Gasteiger partial charge on any atom is -0.377 e. The van der Waals surface area contributed by atoms with E-state index in [-0.39, 0.29) is 0 Å². The summed E-state index contributed by atoms with van der Waals surface area (Å²) in [6.07, 6.45) is 1.77. The van der Waals surface area contributed by atoms with E-state index in [1.165, 1.54) is 0 Å². The van der Waals surface area contributed by atoms with Crippen molar-refractivity contribution in [3.8, 4) is 0 Å².